The van der Waals surface area contributed by atoms with Crippen LogP contribution in [0.2, 0.25) is 0 Å². The summed E-state index contributed by atoms with van der Waals surface area (Å²) >= 11 is 0. The summed E-state index contributed by atoms with van der Waals surface area (Å²) in [6.07, 6.45) is 0.836. The average molecular weight is 216 g/mol. The number of aliphatic hydroxyl groups excluding tert-OH is 1. The predicted molar refractivity (Wildman–Crippen MR) is 52.3 cm³/mol. The molecule has 1 aromatic carbocycles. The lowest BCUT2D eigenvalue weighted by Gasteiger charge is -2.07. The minimum Gasteiger partial charge on any atom is -0.371 e. The van der Waals surface area contributed by atoms with E-state index < -0.39 is 15.6 Å². The van der Waals surface area contributed by atoms with Gasteiger partial charge in [0, 0.05) is 0 Å². The van der Waals surface area contributed by atoms with Crippen molar-refractivity contribution in [2.75, 3.05) is 0 Å². The molecule has 0 aromatic heterocycles. The van der Waals surface area contributed by atoms with E-state index in [4.69, 9.17) is 4.55 Å². The number of rotatable bonds is 3. The van der Waals surface area contributed by atoms with Crippen molar-refractivity contribution in [1.82, 2.24) is 0 Å². The van der Waals surface area contributed by atoms with Crippen LogP contribution in [0.25, 0.3) is 0 Å². The second-order valence-electron chi connectivity index (χ2n) is 2.96. The minimum atomic E-state index is -4.42. The molecule has 0 saturated carbocycles. The van der Waals surface area contributed by atoms with Crippen molar-refractivity contribution < 1.29 is 18.1 Å². The minimum absolute atomic E-state index is 0.171. The van der Waals surface area contributed by atoms with Gasteiger partial charge in [-0.3, -0.25) is 4.55 Å². The molecule has 1 unspecified atom stereocenters. The molecular formula is C9H12O4S. The van der Waals surface area contributed by atoms with Crippen molar-refractivity contribution in [1.29, 1.82) is 0 Å². The van der Waals surface area contributed by atoms with Gasteiger partial charge >= 0.3 is 0 Å². The summed E-state index contributed by atoms with van der Waals surface area (Å²) in [6, 6.07) is 6.39. The van der Waals surface area contributed by atoms with Gasteiger partial charge in [0.15, 0.2) is 0 Å². The average Bonchev–Trinajstić information content (AvgIpc) is 2.15. The highest BCUT2D eigenvalue weighted by Crippen LogP contribution is 2.18. The lowest BCUT2D eigenvalue weighted by molar-refractivity contribution is 0.238. The maximum Gasteiger partial charge on any atom is 0.296 e. The van der Waals surface area contributed by atoms with Gasteiger partial charge in [-0.2, -0.15) is 8.42 Å². The first-order chi connectivity index (χ1) is 6.45. The van der Waals surface area contributed by atoms with Crippen LogP contribution < -0.4 is 0 Å². The molecule has 0 fully saturated rings. The molecule has 0 saturated heterocycles. The van der Waals surface area contributed by atoms with E-state index in [-0.39, 0.29) is 5.56 Å². The van der Waals surface area contributed by atoms with Gasteiger partial charge in [0.2, 0.25) is 5.44 Å². The Morgan fingerprint density at radius 3 is 2.14 bits per heavy atom. The monoisotopic (exact) mass is 216 g/mol. The summed E-state index contributed by atoms with van der Waals surface area (Å²) < 4.78 is 29.8. The molecule has 0 bridgehead atoms. The molecule has 0 heterocycles. The van der Waals surface area contributed by atoms with Gasteiger partial charge in [-0.05, 0) is 17.5 Å². The van der Waals surface area contributed by atoms with Crippen LogP contribution in [0.3, 0.4) is 0 Å². The quantitative estimate of drug-likeness (QED) is 0.743. The summed E-state index contributed by atoms with van der Waals surface area (Å²) in [7, 11) is -4.42. The van der Waals surface area contributed by atoms with Gasteiger partial charge < -0.3 is 5.11 Å². The van der Waals surface area contributed by atoms with Crippen LogP contribution in [0.1, 0.15) is 23.5 Å². The Balaban J connectivity index is 2.98. The summed E-state index contributed by atoms with van der Waals surface area (Å²) in [5.74, 6) is 0. The van der Waals surface area contributed by atoms with E-state index in [9.17, 15) is 13.5 Å². The number of aryl methyl sites for hydroxylation is 1. The van der Waals surface area contributed by atoms with Gasteiger partial charge in [0.05, 0.1) is 0 Å². The van der Waals surface area contributed by atoms with E-state index in [1.807, 2.05) is 6.92 Å². The zero-order valence-corrected chi connectivity index (χ0v) is 8.53. The van der Waals surface area contributed by atoms with E-state index in [0.717, 1.165) is 12.0 Å². The van der Waals surface area contributed by atoms with Crippen molar-refractivity contribution >= 4 is 10.1 Å². The topological polar surface area (TPSA) is 74.6 Å². The molecule has 0 radical (unpaired) electrons. The fourth-order valence-electron chi connectivity index (χ4n) is 1.09. The van der Waals surface area contributed by atoms with Crippen LogP contribution in [-0.4, -0.2) is 18.1 Å². The van der Waals surface area contributed by atoms with Crippen LogP contribution in [0.5, 0.6) is 0 Å². The first-order valence-corrected chi connectivity index (χ1v) is 5.68. The van der Waals surface area contributed by atoms with Gasteiger partial charge in [-0.15, -0.1) is 0 Å². The summed E-state index contributed by atoms with van der Waals surface area (Å²) in [5.41, 5.74) is -0.644. The van der Waals surface area contributed by atoms with Crippen LogP contribution in [0, 0.1) is 0 Å². The Bertz CT molecular complexity index is 393. The molecule has 0 aliphatic rings. The predicted octanol–water partition coefficient (Wildman–Crippen LogP) is 1.13. The molecule has 0 amide bonds. The van der Waals surface area contributed by atoms with Crippen molar-refractivity contribution in [2.24, 2.45) is 0 Å². The standard InChI is InChI=1S/C9H12O4S/c1-2-7-3-5-8(6-4-7)9(10)14(11,12)13/h3-6,9-10H,2H2,1H3,(H,11,12,13). The lowest BCUT2D eigenvalue weighted by Crippen LogP contribution is -2.11. The normalized spacial score (nSPS) is 13.9. The fourth-order valence-corrected chi connectivity index (χ4v) is 1.59. The number of aliphatic hydroxyl groups is 1. The first kappa shape index (κ1) is 11.2. The molecule has 4 nitrogen and oxygen atoms in total. The highest BCUT2D eigenvalue weighted by molar-refractivity contribution is 7.85. The van der Waals surface area contributed by atoms with Crippen molar-refractivity contribution in [3.63, 3.8) is 0 Å². The van der Waals surface area contributed by atoms with E-state index in [2.05, 4.69) is 0 Å². The van der Waals surface area contributed by atoms with Crippen molar-refractivity contribution in [3.05, 3.63) is 35.4 Å². The van der Waals surface area contributed by atoms with Gasteiger partial charge in [0.1, 0.15) is 0 Å². The number of hydrogen-bond donors (Lipinski definition) is 2. The maximum atomic E-state index is 10.6. The second-order valence-corrected chi connectivity index (χ2v) is 4.44. The SMILES string of the molecule is CCc1ccc(C(O)S(=O)(=O)O)cc1. The van der Waals surface area contributed by atoms with Crippen molar-refractivity contribution in [2.45, 2.75) is 18.8 Å². The molecule has 14 heavy (non-hydrogen) atoms. The van der Waals surface area contributed by atoms with Crippen LogP contribution in [0.15, 0.2) is 24.3 Å². The summed E-state index contributed by atoms with van der Waals surface area (Å²) in [4.78, 5) is 0. The van der Waals surface area contributed by atoms with Gasteiger partial charge in [-0.1, -0.05) is 31.2 Å². The molecular weight excluding hydrogens is 204 g/mol. The molecule has 0 aliphatic carbocycles. The van der Waals surface area contributed by atoms with Crippen LogP contribution >= 0.6 is 0 Å². The Morgan fingerprint density at radius 2 is 1.79 bits per heavy atom. The fraction of sp³-hybridized carbons (Fsp3) is 0.333. The van der Waals surface area contributed by atoms with E-state index in [1.54, 1.807) is 12.1 Å². The molecule has 5 heteroatoms. The Labute approximate surface area is 82.9 Å². The Kier molecular flexibility index (Phi) is 3.25. The largest absolute Gasteiger partial charge is 0.371 e. The third-order valence-corrected chi connectivity index (χ3v) is 2.79. The molecule has 0 spiro atoms. The molecule has 1 aromatic rings. The first-order valence-electron chi connectivity index (χ1n) is 4.18. The van der Waals surface area contributed by atoms with Gasteiger partial charge in [-0.25, -0.2) is 0 Å². The molecule has 2 N–H and O–H groups in total. The smallest absolute Gasteiger partial charge is 0.296 e. The van der Waals surface area contributed by atoms with E-state index >= 15 is 0 Å². The maximum absolute atomic E-state index is 10.6. The Hall–Kier alpha value is -0.910. The molecule has 1 rings (SSSR count). The van der Waals surface area contributed by atoms with Crippen LogP contribution in [-0.2, 0) is 16.5 Å². The Morgan fingerprint density at radius 1 is 1.29 bits per heavy atom. The number of benzene rings is 1. The zero-order valence-electron chi connectivity index (χ0n) is 7.71. The molecule has 78 valence electrons. The third kappa shape index (κ3) is 2.54. The van der Waals surface area contributed by atoms with Gasteiger partial charge in [0.25, 0.3) is 10.1 Å². The third-order valence-electron chi connectivity index (χ3n) is 1.96. The van der Waals surface area contributed by atoms with Crippen LogP contribution in [0.4, 0.5) is 0 Å². The number of hydrogen-bond acceptors (Lipinski definition) is 3. The molecule has 0 aliphatic heterocycles. The highest BCUT2D eigenvalue weighted by Gasteiger charge is 2.21. The second kappa shape index (κ2) is 4.08. The lowest BCUT2D eigenvalue weighted by atomic mass is 10.1. The van der Waals surface area contributed by atoms with Crippen molar-refractivity contribution in [3.8, 4) is 0 Å². The molecule has 1 atom stereocenters. The summed E-state index contributed by atoms with van der Waals surface area (Å²) in [5, 5.41) is 9.18. The summed E-state index contributed by atoms with van der Waals surface area (Å²) in [6.45, 7) is 1.97. The van der Waals surface area contributed by atoms with E-state index in [1.165, 1.54) is 12.1 Å². The zero-order chi connectivity index (χ0) is 10.8. The highest BCUT2D eigenvalue weighted by atomic mass is 32.2. The van der Waals surface area contributed by atoms with E-state index in [0.29, 0.717) is 0 Å².